The molecule has 3 rings (SSSR count). The van der Waals surface area contributed by atoms with Gasteiger partial charge < -0.3 is 10.6 Å². The summed E-state index contributed by atoms with van der Waals surface area (Å²) < 4.78 is 0.922. The second kappa shape index (κ2) is 6.78. The zero-order valence-corrected chi connectivity index (χ0v) is 16.0. The minimum Gasteiger partial charge on any atom is -0.324 e. The molecule has 134 valence electrons. The van der Waals surface area contributed by atoms with Crippen LogP contribution in [0.25, 0.3) is 0 Å². The van der Waals surface area contributed by atoms with Crippen LogP contribution in [0, 0.1) is 12.8 Å². The lowest BCUT2D eigenvalue weighted by Crippen LogP contribution is -2.54. The number of anilines is 1. The average molecular weight is 408 g/mol. The van der Waals surface area contributed by atoms with Crippen LogP contribution in [0.3, 0.4) is 0 Å². The first-order chi connectivity index (χ1) is 11.8. The lowest BCUT2D eigenvalue weighted by atomic mass is 9.73. The number of amides is 4. The first-order valence-electron chi connectivity index (χ1n) is 8.53. The highest BCUT2D eigenvalue weighted by atomic mass is 79.9. The number of hydrogen-bond donors (Lipinski definition) is 2. The summed E-state index contributed by atoms with van der Waals surface area (Å²) in [5.41, 5.74) is 0.738. The maximum Gasteiger partial charge on any atom is 0.325 e. The first-order valence-corrected chi connectivity index (χ1v) is 9.33. The van der Waals surface area contributed by atoms with E-state index in [9.17, 15) is 14.4 Å². The summed E-state index contributed by atoms with van der Waals surface area (Å²) in [5, 5.41) is 5.63. The highest BCUT2D eigenvalue weighted by molar-refractivity contribution is 9.10. The second-order valence-electron chi connectivity index (χ2n) is 6.95. The molecule has 2 atom stereocenters. The Kier molecular flexibility index (Phi) is 4.86. The van der Waals surface area contributed by atoms with Crippen LogP contribution in [0.15, 0.2) is 22.7 Å². The van der Waals surface area contributed by atoms with Crippen LogP contribution in [0.4, 0.5) is 10.5 Å². The molecule has 1 aromatic carbocycles. The largest absolute Gasteiger partial charge is 0.325 e. The molecule has 2 fully saturated rings. The third kappa shape index (κ3) is 3.29. The van der Waals surface area contributed by atoms with Gasteiger partial charge in [-0.15, -0.1) is 0 Å². The van der Waals surface area contributed by atoms with E-state index in [-0.39, 0.29) is 24.3 Å². The molecule has 2 N–H and O–H groups in total. The zero-order valence-electron chi connectivity index (χ0n) is 14.4. The summed E-state index contributed by atoms with van der Waals surface area (Å²) in [5.74, 6) is -0.568. The van der Waals surface area contributed by atoms with Gasteiger partial charge in [0.15, 0.2) is 0 Å². The van der Waals surface area contributed by atoms with Gasteiger partial charge >= 0.3 is 6.03 Å². The Morgan fingerprint density at radius 3 is 2.84 bits per heavy atom. The number of aryl methyl sites for hydroxylation is 1. The van der Waals surface area contributed by atoms with E-state index in [2.05, 4.69) is 26.6 Å². The number of halogens is 1. The van der Waals surface area contributed by atoms with Crippen molar-refractivity contribution in [1.29, 1.82) is 0 Å². The van der Waals surface area contributed by atoms with Gasteiger partial charge in [-0.3, -0.25) is 14.5 Å². The number of benzene rings is 1. The van der Waals surface area contributed by atoms with E-state index < -0.39 is 11.6 Å². The summed E-state index contributed by atoms with van der Waals surface area (Å²) in [4.78, 5) is 38.6. The maximum absolute atomic E-state index is 12.9. The summed E-state index contributed by atoms with van der Waals surface area (Å²) in [7, 11) is 0. The Bertz CT molecular complexity index is 736. The molecule has 7 heteroatoms. The molecule has 0 bridgehead atoms. The van der Waals surface area contributed by atoms with Crippen LogP contribution < -0.4 is 10.6 Å². The van der Waals surface area contributed by atoms with Gasteiger partial charge in [0.05, 0.1) is 0 Å². The Hall–Kier alpha value is -1.89. The molecular weight excluding hydrogens is 386 g/mol. The Morgan fingerprint density at radius 1 is 1.40 bits per heavy atom. The second-order valence-corrected chi connectivity index (χ2v) is 7.86. The van der Waals surface area contributed by atoms with Crippen LogP contribution in [-0.2, 0) is 9.59 Å². The predicted octanol–water partition coefficient (Wildman–Crippen LogP) is 3.20. The number of urea groups is 1. The van der Waals surface area contributed by atoms with E-state index in [0.29, 0.717) is 12.1 Å². The molecule has 0 unspecified atom stereocenters. The van der Waals surface area contributed by atoms with Crippen molar-refractivity contribution in [3.8, 4) is 0 Å². The molecule has 1 aliphatic carbocycles. The summed E-state index contributed by atoms with van der Waals surface area (Å²) in [6, 6.07) is 5.03. The standard InChI is InChI=1S/C18H22BrN3O3/c1-11-9-13(19)6-7-14(11)20-15(23)10-22-16(24)18(21-17(22)25)8-4-3-5-12(18)2/h6-7,9,12H,3-5,8,10H2,1-2H3,(H,20,23)(H,21,25)/t12-,18-/m0/s1. The molecule has 4 amide bonds. The van der Waals surface area contributed by atoms with E-state index in [1.807, 2.05) is 26.0 Å². The molecule has 1 aromatic rings. The van der Waals surface area contributed by atoms with Crippen molar-refractivity contribution in [2.45, 2.75) is 45.1 Å². The first kappa shape index (κ1) is 17.9. The van der Waals surface area contributed by atoms with Crippen LogP contribution >= 0.6 is 15.9 Å². The van der Waals surface area contributed by atoms with E-state index in [1.54, 1.807) is 6.07 Å². The van der Waals surface area contributed by atoms with Crippen LogP contribution in [0.2, 0.25) is 0 Å². The van der Waals surface area contributed by atoms with Gasteiger partial charge in [-0.05, 0) is 49.4 Å². The normalized spacial score (nSPS) is 26.0. The van der Waals surface area contributed by atoms with Gasteiger partial charge in [-0.25, -0.2) is 4.79 Å². The third-order valence-corrected chi connectivity index (χ3v) is 5.76. The van der Waals surface area contributed by atoms with Gasteiger partial charge in [0.1, 0.15) is 12.1 Å². The van der Waals surface area contributed by atoms with E-state index in [4.69, 9.17) is 0 Å². The fourth-order valence-corrected chi connectivity index (χ4v) is 4.22. The quantitative estimate of drug-likeness (QED) is 0.755. The molecule has 1 saturated carbocycles. The molecule has 1 spiro atoms. The topological polar surface area (TPSA) is 78.5 Å². The van der Waals surface area contributed by atoms with Gasteiger partial charge in [-0.2, -0.15) is 0 Å². The molecule has 1 aliphatic heterocycles. The molecule has 6 nitrogen and oxygen atoms in total. The minimum absolute atomic E-state index is 0.0829. The monoisotopic (exact) mass is 407 g/mol. The number of rotatable bonds is 3. The lowest BCUT2D eigenvalue weighted by molar-refractivity contribution is -0.136. The highest BCUT2D eigenvalue weighted by Gasteiger charge is 2.55. The minimum atomic E-state index is -0.830. The van der Waals surface area contributed by atoms with Crippen molar-refractivity contribution in [3.63, 3.8) is 0 Å². The number of nitrogens with one attached hydrogen (secondary N) is 2. The summed E-state index contributed by atoms with van der Waals surface area (Å²) in [6.45, 7) is 3.60. The predicted molar refractivity (Wildman–Crippen MR) is 98.1 cm³/mol. The molecule has 2 aliphatic rings. The van der Waals surface area contributed by atoms with Crippen LogP contribution in [-0.4, -0.2) is 34.8 Å². The number of hydrogen-bond acceptors (Lipinski definition) is 3. The molecule has 0 radical (unpaired) electrons. The van der Waals surface area contributed by atoms with Gasteiger partial charge in [0.25, 0.3) is 5.91 Å². The van der Waals surface area contributed by atoms with Gasteiger partial charge in [0.2, 0.25) is 5.91 Å². The molecule has 1 heterocycles. The maximum atomic E-state index is 12.9. The highest BCUT2D eigenvalue weighted by Crippen LogP contribution is 2.38. The van der Waals surface area contributed by atoms with Crippen molar-refractivity contribution in [2.24, 2.45) is 5.92 Å². The van der Waals surface area contributed by atoms with Crippen molar-refractivity contribution in [1.82, 2.24) is 10.2 Å². The molecule has 1 saturated heterocycles. The van der Waals surface area contributed by atoms with E-state index >= 15 is 0 Å². The Morgan fingerprint density at radius 2 is 2.16 bits per heavy atom. The zero-order chi connectivity index (χ0) is 18.2. The average Bonchev–Trinajstić information content (AvgIpc) is 2.78. The van der Waals surface area contributed by atoms with Crippen molar-refractivity contribution in [3.05, 3.63) is 28.2 Å². The summed E-state index contributed by atoms with van der Waals surface area (Å²) >= 11 is 3.38. The smallest absolute Gasteiger partial charge is 0.324 e. The number of carbonyl (C=O) groups excluding carboxylic acids is 3. The van der Waals surface area contributed by atoms with E-state index in [0.717, 1.165) is 34.2 Å². The fourth-order valence-electron chi connectivity index (χ4n) is 3.74. The van der Waals surface area contributed by atoms with Gasteiger partial charge in [0, 0.05) is 10.2 Å². The molecule has 25 heavy (non-hydrogen) atoms. The lowest BCUT2D eigenvalue weighted by Gasteiger charge is -2.36. The number of imide groups is 1. The van der Waals surface area contributed by atoms with Gasteiger partial charge in [-0.1, -0.05) is 35.7 Å². The number of carbonyl (C=O) groups is 3. The van der Waals surface area contributed by atoms with Crippen molar-refractivity contribution >= 4 is 39.5 Å². The third-order valence-electron chi connectivity index (χ3n) is 5.27. The molecule has 0 aromatic heterocycles. The van der Waals surface area contributed by atoms with Crippen molar-refractivity contribution < 1.29 is 14.4 Å². The Labute approximate surface area is 155 Å². The Balaban J connectivity index is 1.71. The summed E-state index contributed by atoms with van der Waals surface area (Å²) in [6.07, 6.45) is 3.52. The number of nitrogens with zero attached hydrogens (tertiary/aromatic N) is 1. The van der Waals surface area contributed by atoms with E-state index in [1.165, 1.54) is 0 Å². The van der Waals surface area contributed by atoms with Crippen molar-refractivity contribution in [2.75, 3.05) is 11.9 Å². The SMILES string of the molecule is Cc1cc(Br)ccc1NC(=O)CN1C(=O)N[C@]2(CCCC[C@@H]2C)C1=O. The molecular formula is C18H22BrN3O3. The fraction of sp³-hybridized carbons (Fsp3) is 0.500. The van der Waals surface area contributed by atoms with Crippen LogP contribution in [0.1, 0.15) is 38.2 Å². The van der Waals surface area contributed by atoms with Crippen LogP contribution in [0.5, 0.6) is 0 Å².